The van der Waals surface area contributed by atoms with Gasteiger partial charge in [-0.2, -0.15) is 0 Å². The highest BCUT2D eigenvalue weighted by atomic mass is 16.5. The molecular weight excluding hydrogens is 246 g/mol. The van der Waals surface area contributed by atoms with Crippen LogP contribution in [0.5, 0.6) is 0 Å². The highest BCUT2D eigenvalue weighted by Gasteiger charge is 2.32. The number of carbonyl (C=O) groups is 1. The number of aromatic nitrogens is 1. The molecule has 2 heterocycles. The molecule has 0 saturated carbocycles. The second kappa shape index (κ2) is 5.63. The van der Waals surface area contributed by atoms with Crippen LogP contribution in [-0.2, 0) is 11.3 Å². The molecule has 1 atom stereocenters. The zero-order valence-electron chi connectivity index (χ0n) is 11.2. The van der Waals surface area contributed by atoms with Crippen LogP contribution in [0.3, 0.4) is 0 Å². The third-order valence-corrected chi connectivity index (χ3v) is 3.28. The number of nitrogens with one attached hydrogen (secondary N) is 1. The molecule has 6 heteroatoms. The van der Waals surface area contributed by atoms with Crippen LogP contribution in [0.2, 0.25) is 0 Å². The summed E-state index contributed by atoms with van der Waals surface area (Å²) in [5.41, 5.74) is 5.88. The van der Waals surface area contributed by atoms with Crippen LogP contribution in [0.1, 0.15) is 30.3 Å². The fourth-order valence-corrected chi connectivity index (χ4v) is 2.22. The molecule has 2 rings (SSSR count). The monoisotopic (exact) mass is 267 g/mol. The van der Waals surface area contributed by atoms with Crippen LogP contribution < -0.4 is 11.1 Å². The van der Waals surface area contributed by atoms with Gasteiger partial charge in [0.05, 0.1) is 12.3 Å². The molecule has 1 aromatic heterocycles. The molecule has 0 bridgehead atoms. The van der Waals surface area contributed by atoms with E-state index >= 15 is 0 Å². The van der Waals surface area contributed by atoms with E-state index in [-0.39, 0.29) is 19.1 Å². The van der Waals surface area contributed by atoms with Crippen molar-refractivity contribution in [2.75, 3.05) is 25.5 Å². The number of ether oxygens (including phenoxy) is 1. The molecule has 106 valence electrons. The normalized spacial score (nSPS) is 22.6. The maximum atomic E-state index is 12.1. The molecule has 1 amide bonds. The molecule has 1 unspecified atom stereocenters. The van der Waals surface area contributed by atoms with Crippen LogP contribution in [0, 0.1) is 0 Å². The number of nitrogens with zero attached hydrogens (tertiary/aromatic N) is 1. The zero-order valence-corrected chi connectivity index (χ0v) is 11.2. The van der Waals surface area contributed by atoms with Crippen LogP contribution in [0.25, 0.3) is 0 Å². The number of amides is 1. The van der Waals surface area contributed by atoms with Gasteiger partial charge in [0.25, 0.3) is 5.91 Å². The van der Waals surface area contributed by atoms with Gasteiger partial charge in [-0.1, -0.05) is 6.92 Å². The Balaban J connectivity index is 1.99. The van der Waals surface area contributed by atoms with Gasteiger partial charge in [0.2, 0.25) is 0 Å². The van der Waals surface area contributed by atoms with Crippen molar-refractivity contribution in [3.63, 3.8) is 0 Å². The van der Waals surface area contributed by atoms with Crippen LogP contribution in [-0.4, -0.2) is 40.9 Å². The number of carbonyl (C=O) groups excluding carboxylic acids is 1. The third-order valence-electron chi connectivity index (χ3n) is 3.28. The Hall–Kier alpha value is -1.53. The van der Waals surface area contributed by atoms with Gasteiger partial charge >= 0.3 is 0 Å². The van der Waals surface area contributed by atoms with Crippen molar-refractivity contribution in [1.29, 1.82) is 0 Å². The van der Waals surface area contributed by atoms with Gasteiger partial charge in [-0.3, -0.25) is 4.79 Å². The molecule has 0 aliphatic carbocycles. The summed E-state index contributed by atoms with van der Waals surface area (Å²) < 4.78 is 6.97. The summed E-state index contributed by atoms with van der Waals surface area (Å²) in [5, 5.41) is 12.8. The van der Waals surface area contributed by atoms with E-state index in [4.69, 9.17) is 10.5 Å². The first-order valence-corrected chi connectivity index (χ1v) is 6.58. The molecule has 1 fully saturated rings. The van der Waals surface area contributed by atoms with E-state index < -0.39 is 5.60 Å². The highest BCUT2D eigenvalue weighted by molar-refractivity contribution is 5.93. The van der Waals surface area contributed by atoms with Crippen molar-refractivity contribution in [2.45, 2.75) is 31.9 Å². The summed E-state index contributed by atoms with van der Waals surface area (Å²) in [7, 11) is 0. The van der Waals surface area contributed by atoms with Crippen LogP contribution in [0.4, 0.5) is 5.69 Å². The SMILES string of the molecule is CCCn1cc(N)cc1C(=O)NCC1(O)CCOC1. The second-order valence-electron chi connectivity index (χ2n) is 5.06. The molecule has 1 saturated heterocycles. The van der Waals surface area contributed by atoms with Crippen molar-refractivity contribution in [3.05, 3.63) is 18.0 Å². The van der Waals surface area contributed by atoms with Crippen molar-refractivity contribution < 1.29 is 14.6 Å². The van der Waals surface area contributed by atoms with E-state index in [1.165, 1.54) is 0 Å². The van der Waals surface area contributed by atoms with E-state index in [2.05, 4.69) is 5.32 Å². The first-order chi connectivity index (χ1) is 9.04. The van der Waals surface area contributed by atoms with Gasteiger partial charge in [0, 0.05) is 32.3 Å². The number of nitrogen functional groups attached to an aromatic ring is 1. The number of aliphatic hydroxyl groups is 1. The molecule has 4 N–H and O–H groups in total. The molecular formula is C13H21N3O3. The molecule has 1 aliphatic heterocycles. The van der Waals surface area contributed by atoms with Gasteiger partial charge < -0.3 is 25.5 Å². The molecule has 1 aliphatic rings. The minimum Gasteiger partial charge on any atom is -0.397 e. The average molecular weight is 267 g/mol. The fourth-order valence-electron chi connectivity index (χ4n) is 2.22. The maximum Gasteiger partial charge on any atom is 0.268 e. The van der Waals surface area contributed by atoms with Gasteiger partial charge in [-0.05, 0) is 12.5 Å². The summed E-state index contributed by atoms with van der Waals surface area (Å²) >= 11 is 0. The van der Waals surface area contributed by atoms with Gasteiger partial charge in [0.1, 0.15) is 11.3 Å². The lowest BCUT2D eigenvalue weighted by molar-refractivity contribution is 0.0263. The van der Waals surface area contributed by atoms with E-state index in [0.29, 0.717) is 24.4 Å². The Morgan fingerprint density at radius 1 is 1.68 bits per heavy atom. The molecule has 0 radical (unpaired) electrons. The minimum atomic E-state index is -0.941. The van der Waals surface area contributed by atoms with E-state index in [1.54, 1.807) is 12.3 Å². The molecule has 0 aromatic carbocycles. The van der Waals surface area contributed by atoms with Gasteiger partial charge in [-0.15, -0.1) is 0 Å². The Morgan fingerprint density at radius 3 is 3.11 bits per heavy atom. The summed E-state index contributed by atoms with van der Waals surface area (Å²) in [6, 6.07) is 1.65. The smallest absolute Gasteiger partial charge is 0.268 e. The predicted octanol–water partition coefficient (Wildman–Crippen LogP) is 0.361. The van der Waals surface area contributed by atoms with Gasteiger partial charge in [-0.25, -0.2) is 0 Å². The summed E-state index contributed by atoms with van der Waals surface area (Å²) in [4.78, 5) is 12.1. The topological polar surface area (TPSA) is 89.5 Å². The molecule has 6 nitrogen and oxygen atoms in total. The first kappa shape index (κ1) is 13.9. The van der Waals surface area contributed by atoms with Crippen LogP contribution >= 0.6 is 0 Å². The largest absolute Gasteiger partial charge is 0.397 e. The number of anilines is 1. The molecule has 1 aromatic rings. The van der Waals surface area contributed by atoms with Crippen molar-refractivity contribution in [1.82, 2.24) is 9.88 Å². The Labute approximate surface area is 112 Å². The second-order valence-corrected chi connectivity index (χ2v) is 5.06. The lowest BCUT2D eigenvalue weighted by Gasteiger charge is -2.20. The average Bonchev–Trinajstić information content (AvgIpc) is 2.94. The van der Waals surface area contributed by atoms with Crippen molar-refractivity contribution >= 4 is 11.6 Å². The molecule has 19 heavy (non-hydrogen) atoms. The number of nitrogens with two attached hydrogens (primary N) is 1. The number of hydrogen-bond acceptors (Lipinski definition) is 4. The van der Waals surface area contributed by atoms with Crippen molar-refractivity contribution in [3.8, 4) is 0 Å². The first-order valence-electron chi connectivity index (χ1n) is 6.58. The zero-order chi connectivity index (χ0) is 13.9. The van der Waals surface area contributed by atoms with E-state index in [1.807, 2.05) is 11.5 Å². The number of hydrogen-bond donors (Lipinski definition) is 3. The minimum absolute atomic E-state index is 0.197. The number of rotatable bonds is 5. The standard InChI is InChI=1S/C13H21N3O3/c1-2-4-16-7-10(14)6-11(16)12(17)15-8-13(18)3-5-19-9-13/h6-7,18H,2-5,8-9,14H2,1H3,(H,15,17). The predicted molar refractivity (Wildman–Crippen MR) is 71.9 cm³/mol. The summed E-state index contributed by atoms with van der Waals surface area (Å²) in [6.07, 6.45) is 3.23. The summed E-state index contributed by atoms with van der Waals surface area (Å²) in [5.74, 6) is -0.217. The fraction of sp³-hybridized carbons (Fsp3) is 0.615. The van der Waals surface area contributed by atoms with Crippen molar-refractivity contribution in [2.24, 2.45) is 0 Å². The number of aryl methyl sites for hydroxylation is 1. The Kier molecular flexibility index (Phi) is 4.11. The Bertz CT molecular complexity index is 450. The lowest BCUT2D eigenvalue weighted by Crippen LogP contribution is -2.43. The maximum absolute atomic E-state index is 12.1. The highest BCUT2D eigenvalue weighted by Crippen LogP contribution is 2.17. The molecule has 0 spiro atoms. The lowest BCUT2D eigenvalue weighted by atomic mass is 10.0. The van der Waals surface area contributed by atoms with Crippen LogP contribution in [0.15, 0.2) is 12.3 Å². The van der Waals surface area contributed by atoms with Gasteiger partial charge in [0.15, 0.2) is 0 Å². The third kappa shape index (κ3) is 3.27. The van der Waals surface area contributed by atoms with E-state index in [9.17, 15) is 9.90 Å². The quantitative estimate of drug-likeness (QED) is 0.718. The summed E-state index contributed by atoms with van der Waals surface area (Å²) in [6.45, 7) is 3.78. The Morgan fingerprint density at radius 2 is 2.47 bits per heavy atom. The van der Waals surface area contributed by atoms with E-state index in [0.717, 1.165) is 13.0 Å².